The van der Waals surface area contributed by atoms with E-state index in [2.05, 4.69) is 273 Å². The lowest BCUT2D eigenvalue weighted by Gasteiger charge is -2.20. The molecule has 5 heterocycles. The zero-order valence-corrected chi connectivity index (χ0v) is 46.8. The van der Waals surface area contributed by atoms with Crippen LogP contribution in [0.25, 0.3) is 164 Å². The fraction of sp³-hybridized carbons (Fsp3) is 0.0875. The lowest BCUT2D eigenvalue weighted by atomic mass is 9.92. The topological polar surface area (TPSA) is 32.6 Å². The highest BCUT2D eigenvalue weighted by atomic mass is 15.2. The SMILES string of the molecule is c1ccc(-n2c3c4ccccc4ccc3c3ccc4c(c5ccc6ccccc6c5n4-c4cc(C5CCCCCC5)cc(-n5c6c7ccccc7c7ccccc7c6c6ccc7c8ccc9ccccc9c8n(-c8ccccc8)c7c65)n4)c32)cc1. The third-order valence-electron chi connectivity index (χ3n) is 19.5. The van der Waals surface area contributed by atoms with Gasteiger partial charge in [0.15, 0.2) is 0 Å². The van der Waals surface area contributed by atoms with Gasteiger partial charge in [0.1, 0.15) is 11.6 Å². The van der Waals surface area contributed by atoms with Crippen molar-refractivity contribution in [2.24, 2.45) is 0 Å². The molecule has 1 fully saturated rings. The summed E-state index contributed by atoms with van der Waals surface area (Å²) in [6.07, 6.45) is 7.25. The molecule has 0 atom stereocenters. The van der Waals surface area contributed by atoms with Crippen LogP contribution in [-0.2, 0) is 0 Å². The van der Waals surface area contributed by atoms with Crippen LogP contribution in [0.5, 0.6) is 0 Å². The summed E-state index contributed by atoms with van der Waals surface area (Å²) in [6, 6.07) is 95.7. The van der Waals surface area contributed by atoms with Crippen molar-refractivity contribution in [1.29, 1.82) is 0 Å². The minimum absolute atomic E-state index is 0.362. The van der Waals surface area contributed by atoms with Crippen molar-refractivity contribution in [3.05, 3.63) is 260 Å². The fourth-order valence-corrected chi connectivity index (χ4v) is 15.9. The highest BCUT2D eigenvalue weighted by Gasteiger charge is 2.29. The predicted octanol–water partition coefficient (Wildman–Crippen LogP) is 21.7. The minimum atomic E-state index is 0.362. The Balaban J connectivity index is 1.03. The smallest absolute Gasteiger partial charge is 0.140 e. The first-order valence-corrected chi connectivity index (χ1v) is 30.4. The van der Waals surface area contributed by atoms with Crippen LogP contribution in [0.1, 0.15) is 50.0 Å². The molecule has 1 saturated carbocycles. The van der Waals surface area contributed by atoms with Crippen LogP contribution in [0.3, 0.4) is 0 Å². The van der Waals surface area contributed by atoms with E-state index in [0.29, 0.717) is 5.92 Å². The van der Waals surface area contributed by atoms with Crippen LogP contribution in [0, 0.1) is 0 Å². The Labute approximate surface area is 489 Å². The van der Waals surface area contributed by atoms with Crippen LogP contribution < -0.4 is 0 Å². The Bertz CT molecular complexity index is 5850. The average Bonchev–Trinajstić information content (AvgIpc) is 1.69. The number of nitrogens with zero attached hydrogens (tertiary/aromatic N) is 5. The molecule has 0 N–H and O–H groups in total. The van der Waals surface area contributed by atoms with Gasteiger partial charge in [-0.05, 0) is 99.1 Å². The maximum atomic E-state index is 6.30. The summed E-state index contributed by atoms with van der Waals surface area (Å²) in [6.45, 7) is 0. The molecule has 5 nitrogen and oxygen atoms in total. The summed E-state index contributed by atoms with van der Waals surface area (Å²) in [5.74, 6) is 2.23. The number of hydrogen-bond acceptors (Lipinski definition) is 1. The van der Waals surface area contributed by atoms with Gasteiger partial charge in [-0.15, -0.1) is 0 Å². The molecule has 400 valence electrons. The van der Waals surface area contributed by atoms with Gasteiger partial charge in [0.25, 0.3) is 0 Å². The summed E-state index contributed by atoms with van der Waals surface area (Å²) in [5.41, 5.74) is 13.1. The zero-order chi connectivity index (χ0) is 55.4. The third-order valence-corrected chi connectivity index (χ3v) is 19.5. The average molecular weight is 1090 g/mol. The van der Waals surface area contributed by atoms with Gasteiger partial charge in [-0.3, -0.25) is 9.13 Å². The second kappa shape index (κ2) is 18.0. The van der Waals surface area contributed by atoms with Crippen LogP contribution in [0.15, 0.2) is 255 Å². The largest absolute Gasteiger partial charge is 0.308 e. The van der Waals surface area contributed by atoms with Gasteiger partial charge >= 0.3 is 0 Å². The van der Waals surface area contributed by atoms with E-state index in [0.717, 1.165) is 46.9 Å². The molecule has 13 aromatic carbocycles. The molecular weight excluding hydrogens is 1030 g/mol. The van der Waals surface area contributed by atoms with E-state index in [1.54, 1.807) is 0 Å². The molecule has 1 aliphatic rings. The van der Waals surface area contributed by atoms with Gasteiger partial charge in [0, 0.05) is 76.0 Å². The molecule has 0 amide bonds. The van der Waals surface area contributed by atoms with E-state index in [1.165, 1.54) is 161 Å². The Morgan fingerprint density at radius 1 is 0.259 bits per heavy atom. The van der Waals surface area contributed by atoms with Gasteiger partial charge in [-0.25, -0.2) is 4.98 Å². The van der Waals surface area contributed by atoms with Crippen molar-refractivity contribution in [1.82, 2.24) is 23.3 Å². The Morgan fingerprint density at radius 2 is 0.635 bits per heavy atom. The maximum Gasteiger partial charge on any atom is 0.140 e. The number of rotatable bonds is 5. The highest BCUT2D eigenvalue weighted by Crippen LogP contribution is 2.50. The van der Waals surface area contributed by atoms with E-state index in [-0.39, 0.29) is 0 Å². The van der Waals surface area contributed by atoms with Gasteiger partial charge in [-0.1, -0.05) is 238 Å². The van der Waals surface area contributed by atoms with Crippen LogP contribution in [-0.4, -0.2) is 23.3 Å². The third kappa shape index (κ3) is 6.61. The minimum Gasteiger partial charge on any atom is -0.308 e. The predicted molar refractivity (Wildman–Crippen MR) is 360 cm³/mol. The van der Waals surface area contributed by atoms with Crippen molar-refractivity contribution in [3.8, 4) is 23.0 Å². The van der Waals surface area contributed by atoms with Gasteiger partial charge in [0.2, 0.25) is 0 Å². The summed E-state index contributed by atoms with van der Waals surface area (Å²) in [7, 11) is 0. The summed E-state index contributed by atoms with van der Waals surface area (Å²) >= 11 is 0. The van der Waals surface area contributed by atoms with Crippen molar-refractivity contribution >= 4 is 141 Å². The van der Waals surface area contributed by atoms with E-state index >= 15 is 0 Å². The number of para-hydroxylation sites is 2. The number of hydrogen-bond donors (Lipinski definition) is 0. The van der Waals surface area contributed by atoms with Crippen molar-refractivity contribution in [3.63, 3.8) is 0 Å². The molecule has 0 bridgehead atoms. The zero-order valence-electron chi connectivity index (χ0n) is 46.8. The van der Waals surface area contributed by atoms with E-state index in [4.69, 9.17) is 4.98 Å². The Morgan fingerprint density at radius 3 is 1.24 bits per heavy atom. The van der Waals surface area contributed by atoms with Gasteiger partial charge in [0.05, 0.1) is 44.1 Å². The van der Waals surface area contributed by atoms with E-state index < -0.39 is 0 Å². The van der Waals surface area contributed by atoms with E-state index in [9.17, 15) is 0 Å². The summed E-state index contributed by atoms with van der Waals surface area (Å²) < 4.78 is 10.3. The standard InChI is InChI=1S/C80H55N5/c1-2-6-22-49(21-5-1)53-47-70(84-69-46-45-65-63-40-37-50-23-11-14-30-56(50)74(63)82(54-26-7-3-8-27-54)78(65)73(69)68-42-39-52-25-13-16-32-58(52)76(68)84)81-71(48-53)85-77-62-36-20-18-34-60(62)59-33-17-19-35-61(59)72(77)67-44-43-66-64-41-38-51-24-12-15-31-57(51)75(64)83(79(66)80(67)85)55-28-9-4-10-29-55/h3-4,7-20,23-49H,1-2,5-6,21-22H2. The molecule has 0 saturated heterocycles. The molecule has 0 spiro atoms. The van der Waals surface area contributed by atoms with Crippen LogP contribution in [0.4, 0.5) is 0 Å². The van der Waals surface area contributed by atoms with Crippen molar-refractivity contribution in [2.45, 2.75) is 44.4 Å². The first-order chi connectivity index (χ1) is 42.2. The first-order valence-electron chi connectivity index (χ1n) is 30.4. The maximum absolute atomic E-state index is 6.30. The van der Waals surface area contributed by atoms with Gasteiger partial charge in [-0.2, -0.15) is 0 Å². The summed E-state index contributed by atoms with van der Waals surface area (Å²) in [5, 5.41) is 22.1. The molecule has 5 aromatic heterocycles. The molecule has 19 rings (SSSR count). The molecule has 0 unspecified atom stereocenters. The van der Waals surface area contributed by atoms with E-state index in [1.807, 2.05) is 0 Å². The normalized spacial score (nSPS) is 13.8. The number of aromatic nitrogens is 5. The lowest BCUT2D eigenvalue weighted by Crippen LogP contribution is -2.08. The highest BCUT2D eigenvalue weighted by molar-refractivity contribution is 6.36. The first kappa shape index (κ1) is 47.0. The number of benzene rings is 13. The fourth-order valence-electron chi connectivity index (χ4n) is 15.9. The summed E-state index contributed by atoms with van der Waals surface area (Å²) in [4.78, 5) is 6.30. The molecular formula is C80H55N5. The van der Waals surface area contributed by atoms with Crippen LogP contribution >= 0.6 is 0 Å². The van der Waals surface area contributed by atoms with Gasteiger partial charge < -0.3 is 9.13 Å². The lowest BCUT2D eigenvalue weighted by molar-refractivity contribution is 0.591. The second-order valence-corrected chi connectivity index (χ2v) is 23.9. The molecule has 18 aromatic rings. The second-order valence-electron chi connectivity index (χ2n) is 23.9. The molecule has 85 heavy (non-hydrogen) atoms. The van der Waals surface area contributed by atoms with Crippen molar-refractivity contribution in [2.75, 3.05) is 0 Å². The molecule has 0 radical (unpaired) electrons. The van der Waals surface area contributed by atoms with Crippen LogP contribution in [0.2, 0.25) is 0 Å². The molecule has 1 aliphatic carbocycles. The number of pyridine rings is 1. The monoisotopic (exact) mass is 1090 g/mol. The molecule has 0 aliphatic heterocycles. The number of fused-ring (bicyclic) bond motifs is 25. The quantitative estimate of drug-likeness (QED) is 0.125. The van der Waals surface area contributed by atoms with Crippen molar-refractivity contribution < 1.29 is 0 Å². The Kier molecular flexibility index (Phi) is 9.97. The Hall–Kier alpha value is -10.5. The molecule has 5 heteroatoms.